The third-order valence-electron chi connectivity index (χ3n) is 1.90. The van der Waals surface area contributed by atoms with Gasteiger partial charge in [-0.15, -0.1) is 0 Å². The normalized spacial score (nSPS) is 11.2. The summed E-state index contributed by atoms with van der Waals surface area (Å²) in [5, 5.41) is 3.66. The molecule has 0 atom stereocenters. The Bertz CT molecular complexity index is 392. The predicted molar refractivity (Wildman–Crippen MR) is 45.9 cm³/mol. The van der Waals surface area contributed by atoms with Crippen molar-refractivity contribution in [3.05, 3.63) is 24.0 Å². The molecule has 0 saturated heterocycles. The zero-order chi connectivity index (χ0) is 8.55. The molecule has 0 aliphatic rings. The lowest BCUT2D eigenvalue weighted by atomic mass is 10.1. The van der Waals surface area contributed by atoms with E-state index in [9.17, 15) is 0 Å². The molecule has 12 heavy (non-hydrogen) atoms. The van der Waals surface area contributed by atoms with Crippen LogP contribution in [0.25, 0.3) is 11.1 Å². The van der Waals surface area contributed by atoms with Crippen LogP contribution in [0.15, 0.2) is 23.0 Å². The van der Waals surface area contributed by atoms with Gasteiger partial charge in [0.15, 0.2) is 5.58 Å². The van der Waals surface area contributed by atoms with Crippen LogP contribution < -0.4 is 0 Å². The SMILES string of the molecule is CC(C)c1cnc2cnoc2c1. The average molecular weight is 162 g/mol. The maximum atomic E-state index is 5.00. The van der Waals surface area contributed by atoms with Crippen molar-refractivity contribution in [3.63, 3.8) is 0 Å². The summed E-state index contributed by atoms with van der Waals surface area (Å²) >= 11 is 0. The van der Waals surface area contributed by atoms with Gasteiger partial charge >= 0.3 is 0 Å². The van der Waals surface area contributed by atoms with Gasteiger partial charge in [-0.1, -0.05) is 19.0 Å². The molecule has 3 nitrogen and oxygen atoms in total. The van der Waals surface area contributed by atoms with Crippen molar-refractivity contribution in [2.75, 3.05) is 0 Å². The van der Waals surface area contributed by atoms with Crippen molar-refractivity contribution in [1.29, 1.82) is 0 Å². The van der Waals surface area contributed by atoms with Crippen molar-refractivity contribution < 1.29 is 4.52 Å². The molecule has 0 radical (unpaired) electrons. The second-order valence-electron chi connectivity index (χ2n) is 3.13. The van der Waals surface area contributed by atoms with E-state index in [0.29, 0.717) is 5.92 Å². The van der Waals surface area contributed by atoms with E-state index >= 15 is 0 Å². The maximum absolute atomic E-state index is 5.00. The number of nitrogens with zero attached hydrogens (tertiary/aromatic N) is 2. The molecular formula is C9H10N2O. The number of fused-ring (bicyclic) bond motifs is 1. The highest BCUT2D eigenvalue weighted by atomic mass is 16.5. The molecule has 62 valence electrons. The van der Waals surface area contributed by atoms with E-state index < -0.39 is 0 Å². The first-order valence-electron chi connectivity index (χ1n) is 3.97. The Kier molecular flexibility index (Phi) is 1.57. The van der Waals surface area contributed by atoms with E-state index in [1.165, 1.54) is 5.56 Å². The Labute approximate surface area is 70.4 Å². The molecule has 0 aliphatic carbocycles. The van der Waals surface area contributed by atoms with Crippen LogP contribution in [-0.2, 0) is 0 Å². The van der Waals surface area contributed by atoms with Crippen molar-refractivity contribution in [2.45, 2.75) is 19.8 Å². The molecule has 0 N–H and O–H groups in total. The number of aromatic nitrogens is 2. The molecule has 0 saturated carbocycles. The molecule has 2 rings (SSSR count). The van der Waals surface area contributed by atoms with Crippen molar-refractivity contribution in [1.82, 2.24) is 10.1 Å². The van der Waals surface area contributed by atoms with E-state index in [4.69, 9.17) is 4.52 Å². The molecule has 0 fully saturated rings. The Balaban J connectivity index is 2.60. The lowest BCUT2D eigenvalue weighted by Gasteiger charge is -2.01. The number of rotatable bonds is 1. The monoisotopic (exact) mass is 162 g/mol. The molecule has 2 heterocycles. The average Bonchev–Trinajstić information content (AvgIpc) is 2.49. The molecule has 0 unspecified atom stereocenters. The first-order chi connectivity index (χ1) is 5.77. The minimum atomic E-state index is 0.479. The first-order valence-corrected chi connectivity index (χ1v) is 3.97. The topological polar surface area (TPSA) is 38.9 Å². The van der Waals surface area contributed by atoms with Crippen LogP contribution in [0.1, 0.15) is 25.3 Å². The first kappa shape index (κ1) is 7.28. The summed E-state index contributed by atoms with van der Waals surface area (Å²) < 4.78 is 5.00. The molecule has 2 aromatic rings. The highest BCUT2D eigenvalue weighted by Gasteiger charge is 2.03. The van der Waals surface area contributed by atoms with Crippen LogP contribution in [0.3, 0.4) is 0 Å². The summed E-state index contributed by atoms with van der Waals surface area (Å²) in [7, 11) is 0. The molecule has 2 aromatic heterocycles. The summed E-state index contributed by atoms with van der Waals surface area (Å²) in [6.07, 6.45) is 3.49. The van der Waals surface area contributed by atoms with Crippen LogP contribution in [0.2, 0.25) is 0 Å². The van der Waals surface area contributed by atoms with E-state index in [-0.39, 0.29) is 0 Å². The number of hydrogen-bond acceptors (Lipinski definition) is 3. The summed E-state index contributed by atoms with van der Waals surface area (Å²) in [6, 6.07) is 1.99. The highest BCUT2D eigenvalue weighted by molar-refractivity contribution is 5.71. The zero-order valence-corrected chi connectivity index (χ0v) is 7.11. The second-order valence-corrected chi connectivity index (χ2v) is 3.13. The minimum Gasteiger partial charge on any atom is -0.355 e. The van der Waals surface area contributed by atoms with Gasteiger partial charge in [0.05, 0.1) is 6.20 Å². The smallest absolute Gasteiger partial charge is 0.185 e. The fraction of sp³-hybridized carbons (Fsp3) is 0.333. The maximum Gasteiger partial charge on any atom is 0.185 e. The fourth-order valence-corrected chi connectivity index (χ4v) is 1.09. The van der Waals surface area contributed by atoms with E-state index in [2.05, 4.69) is 24.0 Å². The summed E-state index contributed by atoms with van der Waals surface area (Å²) in [6.45, 7) is 4.25. The van der Waals surface area contributed by atoms with Gasteiger partial charge < -0.3 is 4.52 Å². The Morgan fingerprint density at radius 1 is 1.33 bits per heavy atom. The van der Waals surface area contributed by atoms with Gasteiger partial charge in [-0.05, 0) is 17.5 Å². The van der Waals surface area contributed by atoms with Gasteiger partial charge in [0.25, 0.3) is 0 Å². The third kappa shape index (κ3) is 1.07. The largest absolute Gasteiger partial charge is 0.355 e. The van der Waals surface area contributed by atoms with Crippen LogP contribution in [-0.4, -0.2) is 10.1 Å². The Morgan fingerprint density at radius 3 is 2.92 bits per heavy atom. The van der Waals surface area contributed by atoms with Crippen LogP contribution in [0.5, 0.6) is 0 Å². The van der Waals surface area contributed by atoms with E-state index in [0.717, 1.165) is 11.1 Å². The van der Waals surface area contributed by atoms with Crippen LogP contribution in [0.4, 0.5) is 0 Å². The zero-order valence-electron chi connectivity index (χ0n) is 7.11. The third-order valence-corrected chi connectivity index (χ3v) is 1.90. The van der Waals surface area contributed by atoms with Crippen LogP contribution in [0, 0.1) is 0 Å². The van der Waals surface area contributed by atoms with Crippen molar-refractivity contribution in [2.24, 2.45) is 0 Å². The van der Waals surface area contributed by atoms with Gasteiger partial charge in [0.1, 0.15) is 5.52 Å². The lowest BCUT2D eigenvalue weighted by Crippen LogP contribution is -1.87. The van der Waals surface area contributed by atoms with Crippen molar-refractivity contribution in [3.8, 4) is 0 Å². The van der Waals surface area contributed by atoms with Gasteiger partial charge in [0, 0.05) is 6.20 Å². The minimum absolute atomic E-state index is 0.479. The summed E-state index contributed by atoms with van der Waals surface area (Å²) in [4.78, 5) is 4.21. The molecule has 0 bridgehead atoms. The molecule has 0 aromatic carbocycles. The van der Waals surface area contributed by atoms with Gasteiger partial charge in [0.2, 0.25) is 0 Å². The van der Waals surface area contributed by atoms with E-state index in [1.807, 2.05) is 12.3 Å². The number of hydrogen-bond donors (Lipinski definition) is 0. The predicted octanol–water partition coefficient (Wildman–Crippen LogP) is 2.35. The molecule has 0 amide bonds. The molecule has 0 spiro atoms. The summed E-state index contributed by atoms with van der Waals surface area (Å²) in [5.74, 6) is 0.479. The fourth-order valence-electron chi connectivity index (χ4n) is 1.09. The van der Waals surface area contributed by atoms with E-state index in [1.54, 1.807) is 6.20 Å². The van der Waals surface area contributed by atoms with Gasteiger partial charge in [-0.3, -0.25) is 4.98 Å². The number of pyridine rings is 1. The Morgan fingerprint density at radius 2 is 2.17 bits per heavy atom. The summed E-state index contributed by atoms with van der Waals surface area (Å²) in [5.41, 5.74) is 2.76. The highest BCUT2D eigenvalue weighted by Crippen LogP contribution is 2.18. The molecule has 0 aliphatic heterocycles. The van der Waals surface area contributed by atoms with Crippen LogP contribution >= 0.6 is 0 Å². The van der Waals surface area contributed by atoms with Crippen molar-refractivity contribution >= 4 is 11.1 Å². The Hall–Kier alpha value is -1.38. The van der Waals surface area contributed by atoms with Gasteiger partial charge in [-0.25, -0.2) is 0 Å². The molecule has 3 heteroatoms. The molecular weight excluding hydrogens is 152 g/mol. The quantitative estimate of drug-likeness (QED) is 0.646. The standard InChI is InChI=1S/C9H10N2O/c1-6(2)7-3-9-8(10-4-7)5-11-12-9/h3-6H,1-2H3. The second kappa shape index (κ2) is 2.59. The van der Waals surface area contributed by atoms with Gasteiger partial charge in [-0.2, -0.15) is 0 Å². The lowest BCUT2D eigenvalue weighted by molar-refractivity contribution is 0.456.